The number of fused-ring (bicyclic) bond motifs is 8. The van der Waals surface area contributed by atoms with Gasteiger partial charge in [-0.2, -0.15) is 0 Å². The van der Waals surface area contributed by atoms with E-state index in [0.29, 0.717) is 0 Å². The van der Waals surface area contributed by atoms with Crippen molar-refractivity contribution in [2.75, 3.05) is 0 Å². The highest BCUT2D eigenvalue weighted by Crippen LogP contribution is 2.44. The van der Waals surface area contributed by atoms with Crippen molar-refractivity contribution >= 4 is 75.8 Å². The standard InChI is InChI=1S/C49H33N.C47H31N3.C46H30O/c1-2-8-34(9-3-1)37-14-18-39(19-15-37)46-30-47(40-20-16-38(17-21-40)43-24-22-35-10-4-6-12-41(35)28-43)32-48(31-46)45-26-27-49(50-33-45)44-25-23-36-11-5-7-13-42(36)29-44;1-3-8-36-24-38(17-15-32(36)6-1)34-11-13-35(14-12-34)43-26-44(28-45(27-43)41-20-22-47(50-31-41)42-10-5-23-48-29-42)40-19-21-46(49-30-40)39-18-16-33-7-2-4-9-37(33)25-39;1-2-8-31(9-3-1)33-14-18-35(19-15-33)40-27-41(36-20-16-34(17-21-36)38-23-22-32-10-4-5-11-37(32)26-38)29-42(28-40)39-24-25-44-43-12-6-7-13-45(43)47-46(44)30-39/h1-33H;1-31H;1-30H. The summed E-state index contributed by atoms with van der Waals surface area (Å²) in [6.45, 7) is 0. The Balaban J connectivity index is 0.000000115. The minimum atomic E-state index is 0.899. The van der Waals surface area contributed by atoms with Crippen molar-refractivity contribution in [3.63, 3.8) is 0 Å². The maximum Gasteiger partial charge on any atom is 0.136 e. The molecule has 0 spiro atoms. The fourth-order valence-electron chi connectivity index (χ4n) is 20.3. The number of hydrogen-bond donors (Lipinski definition) is 0. The van der Waals surface area contributed by atoms with E-state index in [-0.39, 0.29) is 0 Å². The summed E-state index contributed by atoms with van der Waals surface area (Å²) in [6, 6.07) is 193. The van der Waals surface area contributed by atoms with Crippen molar-refractivity contribution in [3.8, 4) is 190 Å². The van der Waals surface area contributed by atoms with Crippen LogP contribution in [0.25, 0.3) is 265 Å². The Morgan fingerprint density at radius 3 is 0.646 bits per heavy atom. The van der Waals surface area contributed by atoms with Crippen LogP contribution < -0.4 is 0 Å². The molecule has 27 rings (SSSR count). The highest BCUT2D eigenvalue weighted by atomic mass is 16.3. The molecule has 0 bridgehead atoms. The molecule has 5 aromatic heterocycles. The van der Waals surface area contributed by atoms with Gasteiger partial charge < -0.3 is 4.42 Å². The lowest BCUT2D eigenvalue weighted by Crippen LogP contribution is -1.90. The van der Waals surface area contributed by atoms with E-state index in [9.17, 15) is 0 Å². The minimum absolute atomic E-state index is 0.899. The molecule has 0 amide bonds. The van der Waals surface area contributed by atoms with Crippen LogP contribution in [0.15, 0.2) is 575 Å². The average molecular weight is 1870 g/mol. The monoisotopic (exact) mass is 1870 g/mol. The molecule has 5 heteroatoms. The van der Waals surface area contributed by atoms with E-state index < -0.39 is 0 Å². The molecule has 0 unspecified atom stereocenters. The first-order chi connectivity index (χ1) is 72.7. The topological polar surface area (TPSA) is 64.7 Å². The summed E-state index contributed by atoms with van der Waals surface area (Å²) in [5.74, 6) is 0. The van der Waals surface area contributed by atoms with Crippen molar-refractivity contribution in [1.29, 1.82) is 0 Å². The zero-order valence-electron chi connectivity index (χ0n) is 80.5. The number of rotatable bonds is 17. The molecule has 27 aromatic rings. The third-order valence-electron chi connectivity index (χ3n) is 28.4. The molecular formula is C142H94N4O. The number of hydrogen-bond acceptors (Lipinski definition) is 5. The molecule has 0 N–H and O–H groups in total. The summed E-state index contributed by atoms with van der Waals surface area (Å²) in [5, 5.41) is 14.7. The lowest BCUT2D eigenvalue weighted by atomic mass is 9.91. The largest absolute Gasteiger partial charge is 0.456 e. The first kappa shape index (κ1) is 88.9. The zero-order chi connectivity index (χ0) is 97.7. The van der Waals surface area contributed by atoms with Gasteiger partial charge in [-0.1, -0.05) is 406 Å². The fraction of sp³-hybridized carbons (Fsp3) is 0. The number of para-hydroxylation sites is 1. The van der Waals surface area contributed by atoms with E-state index in [1.165, 1.54) is 154 Å². The third kappa shape index (κ3) is 19.1. The summed E-state index contributed by atoms with van der Waals surface area (Å²) in [6.07, 6.45) is 9.57. The predicted octanol–water partition coefficient (Wildman–Crippen LogP) is 38.6. The first-order valence-electron chi connectivity index (χ1n) is 50.0. The van der Waals surface area contributed by atoms with Crippen LogP contribution in [0.3, 0.4) is 0 Å². The second-order valence-corrected chi connectivity index (χ2v) is 37.7. The van der Waals surface area contributed by atoms with Crippen LogP contribution >= 0.6 is 0 Å². The molecule has 0 aliphatic rings. The zero-order valence-corrected chi connectivity index (χ0v) is 80.5. The second kappa shape index (κ2) is 39.9. The van der Waals surface area contributed by atoms with Crippen molar-refractivity contribution in [2.24, 2.45) is 0 Å². The van der Waals surface area contributed by atoms with Crippen LogP contribution in [0.2, 0.25) is 0 Å². The van der Waals surface area contributed by atoms with Crippen molar-refractivity contribution in [3.05, 3.63) is 571 Å². The lowest BCUT2D eigenvalue weighted by molar-refractivity contribution is 0.669. The highest BCUT2D eigenvalue weighted by Gasteiger charge is 2.19. The van der Waals surface area contributed by atoms with Crippen LogP contribution in [0, 0.1) is 0 Å². The average Bonchev–Trinajstić information content (AvgIpc) is 1.59. The van der Waals surface area contributed by atoms with Crippen molar-refractivity contribution in [2.45, 2.75) is 0 Å². The maximum atomic E-state index is 6.28. The normalized spacial score (nSPS) is 11.3. The number of pyridine rings is 4. The van der Waals surface area contributed by atoms with E-state index in [4.69, 9.17) is 19.4 Å². The summed E-state index contributed by atoms with van der Waals surface area (Å²) in [7, 11) is 0. The summed E-state index contributed by atoms with van der Waals surface area (Å²) in [4.78, 5) is 19.0. The van der Waals surface area contributed by atoms with Gasteiger partial charge in [0.25, 0.3) is 0 Å². The van der Waals surface area contributed by atoms with Gasteiger partial charge in [0.2, 0.25) is 0 Å². The maximum absolute atomic E-state index is 6.28. The Bertz CT molecular complexity index is 8850. The van der Waals surface area contributed by atoms with Gasteiger partial charge in [-0.25, -0.2) is 0 Å². The number of aromatic nitrogens is 4. The van der Waals surface area contributed by atoms with Crippen LogP contribution in [0.1, 0.15) is 0 Å². The molecule has 0 aliphatic carbocycles. The molecule has 22 aromatic carbocycles. The molecule has 0 saturated heterocycles. The molecule has 0 aliphatic heterocycles. The molecule has 147 heavy (non-hydrogen) atoms. The van der Waals surface area contributed by atoms with Crippen LogP contribution in [0.5, 0.6) is 0 Å². The van der Waals surface area contributed by atoms with E-state index in [1.807, 2.05) is 49.1 Å². The van der Waals surface area contributed by atoms with E-state index in [0.717, 1.165) is 111 Å². The summed E-state index contributed by atoms with van der Waals surface area (Å²) in [5.41, 5.74) is 40.6. The molecule has 688 valence electrons. The molecule has 0 atom stereocenters. The smallest absolute Gasteiger partial charge is 0.136 e. The number of benzene rings is 22. The van der Waals surface area contributed by atoms with Gasteiger partial charge in [0.15, 0.2) is 0 Å². The molecule has 0 radical (unpaired) electrons. The second-order valence-electron chi connectivity index (χ2n) is 37.7. The van der Waals surface area contributed by atoms with Crippen LogP contribution in [-0.4, -0.2) is 19.9 Å². The van der Waals surface area contributed by atoms with E-state index in [1.54, 1.807) is 6.20 Å². The molecule has 5 nitrogen and oxygen atoms in total. The summed E-state index contributed by atoms with van der Waals surface area (Å²) >= 11 is 0. The third-order valence-corrected chi connectivity index (χ3v) is 28.4. The minimum Gasteiger partial charge on any atom is -0.456 e. The van der Waals surface area contributed by atoms with Crippen LogP contribution in [-0.2, 0) is 0 Å². The molecule has 5 heterocycles. The van der Waals surface area contributed by atoms with Gasteiger partial charge in [-0.05, 0) is 326 Å². The van der Waals surface area contributed by atoms with Gasteiger partial charge in [-0.15, -0.1) is 0 Å². The quantitative estimate of drug-likeness (QED) is 0.0909. The fourth-order valence-corrected chi connectivity index (χ4v) is 20.3. The van der Waals surface area contributed by atoms with Gasteiger partial charge in [0, 0.05) is 75.1 Å². The number of furan rings is 1. The SMILES string of the molecule is c1ccc(-c2ccc(-c3cc(-c4ccc(-c5ccc6ccccc6c5)cc4)cc(-c4ccc(-c5ccc6ccccc6c5)nc4)c3)cc2)cc1.c1ccc(-c2ccc(-c3cc(-c4ccc(-c5ccc6ccccc6c5)cc4)cc(-c4ccc5c(c4)oc4ccccc45)c3)cc2)cc1.c1cncc(-c2ccc(-c3cc(-c4ccc(-c5ccc6ccccc6c5)cc4)cc(-c4ccc(-c5ccc6ccccc6c5)nc4)c3)cn2)c1. The Morgan fingerprint density at radius 2 is 0.333 bits per heavy atom. The van der Waals surface area contributed by atoms with Gasteiger partial charge in [0.05, 0.1) is 17.1 Å². The lowest BCUT2D eigenvalue weighted by Gasteiger charge is -2.13. The van der Waals surface area contributed by atoms with Gasteiger partial charge >= 0.3 is 0 Å². The first-order valence-corrected chi connectivity index (χ1v) is 50.0. The van der Waals surface area contributed by atoms with Crippen LogP contribution in [0.4, 0.5) is 0 Å². The molecule has 0 fully saturated rings. The van der Waals surface area contributed by atoms with Crippen molar-refractivity contribution < 1.29 is 4.42 Å². The van der Waals surface area contributed by atoms with E-state index >= 15 is 0 Å². The molecular weight excluding hydrogens is 1780 g/mol. The highest BCUT2D eigenvalue weighted by molar-refractivity contribution is 6.06. The Labute approximate surface area is 854 Å². The Hall–Kier alpha value is -19.5. The van der Waals surface area contributed by atoms with Gasteiger partial charge in [0.1, 0.15) is 11.2 Å². The Kier molecular flexibility index (Phi) is 24.1. The van der Waals surface area contributed by atoms with E-state index in [2.05, 4.69) is 521 Å². The Morgan fingerprint density at radius 1 is 0.116 bits per heavy atom. The van der Waals surface area contributed by atoms with Gasteiger partial charge in [-0.3, -0.25) is 19.9 Å². The number of nitrogens with zero attached hydrogens (tertiary/aromatic N) is 4. The predicted molar refractivity (Wildman–Crippen MR) is 618 cm³/mol. The summed E-state index contributed by atoms with van der Waals surface area (Å²) < 4.78 is 6.28. The molecule has 0 saturated carbocycles. The van der Waals surface area contributed by atoms with Crippen molar-refractivity contribution in [1.82, 2.24) is 19.9 Å².